The summed E-state index contributed by atoms with van der Waals surface area (Å²) in [6.07, 6.45) is 8.67. The molecule has 5 atom stereocenters. The van der Waals surface area contributed by atoms with Crippen molar-refractivity contribution in [2.45, 2.75) is 70.8 Å². The van der Waals surface area contributed by atoms with Crippen molar-refractivity contribution in [2.24, 2.45) is 29.1 Å². The SMILES string of the molecule is CC(C)C1CCCC(O)(C2(C#N)CC3CCC2C3)C1. The summed E-state index contributed by atoms with van der Waals surface area (Å²) in [5, 5.41) is 21.2. The smallest absolute Gasteiger partial charge is 0.0891 e. The van der Waals surface area contributed by atoms with Crippen LogP contribution in [0, 0.1) is 40.4 Å². The summed E-state index contributed by atoms with van der Waals surface area (Å²) in [5.74, 6) is 2.41. The molecule has 0 aromatic heterocycles. The number of hydrogen-bond donors (Lipinski definition) is 1. The van der Waals surface area contributed by atoms with E-state index in [1.807, 2.05) is 0 Å². The van der Waals surface area contributed by atoms with Gasteiger partial charge >= 0.3 is 0 Å². The van der Waals surface area contributed by atoms with E-state index in [1.54, 1.807) is 0 Å². The second-order valence-corrected chi connectivity index (χ2v) is 7.80. The molecule has 3 aliphatic carbocycles. The van der Waals surface area contributed by atoms with Gasteiger partial charge in [-0.15, -0.1) is 0 Å². The Bertz CT molecular complexity index is 399. The van der Waals surface area contributed by atoms with Crippen LogP contribution in [0.1, 0.15) is 65.2 Å². The van der Waals surface area contributed by atoms with Gasteiger partial charge in [-0.2, -0.15) is 5.26 Å². The third kappa shape index (κ3) is 1.85. The highest BCUT2D eigenvalue weighted by Crippen LogP contribution is 2.63. The molecule has 0 amide bonds. The zero-order valence-corrected chi connectivity index (χ0v) is 12.4. The Hall–Kier alpha value is -0.550. The molecule has 3 aliphatic rings. The summed E-state index contributed by atoms with van der Waals surface area (Å²) in [7, 11) is 0. The molecule has 19 heavy (non-hydrogen) atoms. The molecule has 1 N–H and O–H groups in total. The Kier molecular flexibility index (Phi) is 3.17. The molecular weight excluding hydrogens is 234 g/mol. The molecule has 3 rings (SSSR count). The van der Waals surface area contributed by atoms with Crippen LogP contribution in [0.4, 0.5) is 0 Å². The van der Waals surface area contributed by atoms with E-state index >= 15 is 0 Å². The molecule has 2 heteroatoms. The van der Waals surface area contributed by atoms with Gasteiger partial charge in [-0.25, -0.2) is 0 Å². The predicted octanol–water partition coefficient (Wildman–Crippen LogP) is 3.89. The Morgan fingerprint density at radius 1 is 1.21 bits per heavy atom. The number of nitrogens with zero attached hydrogens (tertiary/aromatic N) is 1. The normalized spacial score (nSPS) is 49.5. The van der Waals surface area contributed by atoms with E-state index in [9.17, 15) is 10.4 Å². The number of rotatable bonds is 2. The monoisotopic (exact) mass is 261 g/mol. The van der Waals surface area contributed by atoms with Crippen LogP contribution in [0.3, 0.4) is 0 Å². The topological polar surface area (TPSA) is 44.0 Å². The molecular formula is C17H27NO. The third-order valence-electron chi connectivity index (χ3n) is 6.59. The zero-order chi connectivity index (χ0) is 13.7. The van der Waals surface area contributed by atoms with Gasteiger partial charge in [0.1, 0.15) is 0 Å². The van der Waals surface area contributed by atoms with Crippen molar-refractivity contribution in [3.05, 3.63) is 0 Å². The van der Waals surface area contributed by atoms with Crippen molar-refractivity contribution in [1.82, 2.24) is 0 Å². The van der Waals surface area contributed by atoms with Gasteiger partial charge in [-0.05, 0) is 62.2 Å². The van der Waals surface area contributed by atoms with Gasteiger partial charge in [0, 0.05) is 0 Å². The highest BCUT2D eigenvalue weighted by Gasteiger charge is 2.62. The van der Waals surface area contributed by atoms with E-state index in [1.165, 1.54) is 25.7 Å². The van der Waals surface area contributed by atoms with Crippen LogP contribution >= 0.6 is 0 Å². The van der Waals surface area contributed by atoms with Crippen LogP contribution in [-0.2, 0) is 0 Å². The van der Waals surface area contributed by atoms with Crippen molar-refractivity contribution in [1.29, 1.82) is 5.26 Å². The van der Waals surface area contributed by atoms with Gasteiger partial charge in [0.15, 0.2) is 0 Å². The summed E-state index contributed by atoms with van der Waals surface area (Å²) < 4.78 is 0. The maximum Gasteiger partial charge on any atom is 0.0891 e. The zero-order valence-electron chi connectivity index (χ0n) is 12.4. The van der Waals surface area contributed by atoms with Crippen LogP contribution in [0.25, 0.3) is 0 Å². The molecule has 5 unspecified atom stereocenters. The van der Waals surface area contributed by atoms with Crippen molar-refractivity contribution in [2.75, 3.05) is 0 Å². The number of nitriles is 1. The second-order valence-electron chi connectivity index (χ2n) is 7.80. The molecule has 3 fully saturated rings. The maximum absolute atomic E-state index is 11.3. The average molecular weight is 261 g/mol. The summed E-state index contributed by atoms with van der Waals surface area (Å²) in [5.41, 5.74) is -1.11. The minimum absolute atomic E-state index is 0.413. The van der Waals surface area contributed by atoms with E-state index in [-0.39, 0.29) is 0 Å². The van der Waals surface area contributed by atoms with Gasteiger partial charge in [-0.3, -0.25) is 0 Å². The standard InChI is InChI=1S/C17H27NO/c1-12(2)14-4-3-7-17(19,10-14)16(11-18)9-13-5-6-15(16)8-13/h12-15,19H,3-10H2,1-2H3. The number of fused-ring (bicyclic) bond motifs is 2. The predicted molar refractivity (Wildman–Crippen MR) is 75.2 cm³/mol. The second kappa shape index (κ2) is 4.48. The highest BCUT2D eigenvalue weighted by atomic mass is 16.3. The third-order valence-corrected chi connectivity index (χ3v) is 6.59. The van der Waals surface area contributed by atoms with Crippen LogP contribution in [0.2, 0.25) is 0 Å². The molecule has 0 spiro atoms. The lowest BCUT2D eigenvalue weighted by atomic mass is 9.56. The molecule has 2 nitrogen and oxygen atoms in total. The van der Waals surface area contributed by atoms with Gasteiger partial charge in [0.2, 0.25) is 0 Å². The van der Waals surface area contributed by atoms with Crippen LogP contribution in [0.15, 0.2) is 0 Å². The number of hydrogen-bond acceptors (Lipinski definition) is 2. The first-order valence-electron chi connectivity index (χ1n) is 8.14. The minimum atomic E-state index is -0.700. The molecule has 0 aromatic rings. The molecule has 3 saturated carbocycles. The van der Waals surface area contributed by atoms with E-state index in [0.717, 1.165) is 25.7 Å². The first kappa shape index (κ1) is 13.4. The van der Waals surface area contributed by atoms with Gasteiger partial charge < -0.3 is 5.11 Å². The lowest BCUT2D eigenvalue weighted by molar-refractivity contribution is -0.122. The Morgan fingerprint density at radius 3 is 2.53 bits per heavy atom. The summed E-state index contributed by atoms with van der Waals surface area (Å²) in [4.78, 5) is 0. The largest absolute Gasteiger partial charge is 0.388 e. The molecule has 2 bridgehead atoms. The lowest BCUT2D eigenvalue weighted by Crippen LogP contribution is -2.53. The first-order valence-corrected chi connectivity index (χ1v) is 8.14. The molecule has 0 radical (unpaired) electrons. The fourth-order valence-electron chi connectivity index (χ4n) is 5.41. The summed E-state index contributed by atoms with van der Waals surface area (Å²) in [6, 6.07) is 2.63. The van der Waals surface area contributed by atoms with E-state index < -0.39 is 11.0 Å². The maximum atomic E-state index is 11.3. The average Bonchev–Trinajstić information content (AvgIpc) is 2.99. The van der Waals surface area contributed by atoms with E-state index in [2.05, 4.69) is 19.9 Å². The number of aliphatic hydroxyl groups is 1. The Balaban J connectivity index is 1.88. The van der Waals surface area contributed by atoms with Gasteiger partial charge in [-0.1, -0.05) is 26.7 Å². The fraction of sp³-hybridized carbons (Fsp3) is 0.941. The summed E-state index contributed by atoms with van der Waals surface area (Å²) in [6.45, 7) is 4.52. The fourth-order valence-corrected chi connectivity index (χ4v) is 5.41. The highest BCUT2D eigenvalue weighted by molar-refractivity contribution is 5.21. The molecule has 0 heterocycles. The van der Waals surface area contributed by atoms with Crippen LogP contribution in [-0.4, -0.2) is 10.7 Å². The van der Waals surface area contributed by atoms with Gasteiger partial charge in [0.25, 0.3) is 0 Å². The first-order chi connectivity index (χ1) is 9.01. The lowest BCUT2D eigenvalue weighted by Gasteiger charge is -2.50. The van der Waals surface area contributed by atoms with Crippen LogP contribution in [0.5, 0.6) is 0 Å². The molecule has 0 aliphatic heterocycles. The van der Waals surface area contributed by atoms with Crippen molar-refractivity contribution >= 4 is 0 Å². The quantitative estimate of drug-likeness (QED) is 0.819. The van der Waals surface area contributed by atoms with Crippen molar-refractivity contribution < 1.29 is 5.11 Å². The molecule has 106 valence electrons. The molecule has 0 aromatic carbocycles. The van der Waals surface area contributed by atoms with Gasteiger partial charge in [0.05, 0.1) is 17.1 Å². The van der Waals surface area contributed by atoms with Crippen LogP contribution < -0.4 is 0 Å². The summed E-state index contributed by atoms with van der Waals surface area (Å²) >= 11 is 0. The van der Waals surface area contributed by atoms with E-state index in [4.69, 9.17) is 0 Å². The van der Waals surface area contributed by atoms with Crippen molar-refractivity contribution in [3.8, 4) is 6.07 Å². The Morgan fingerprint density at radius 2 is 2.00 bits per heavy atom. The van der Waals surface area contributed by atoms with Crippen molar-refractivity contribution in [3.63, 3.8) is 0 Å². The Labute approximate surface area is 117 Å². The minimum Gasteiger partial charge on any atom is -0.388 e. The molecule has 0 saturated heterocycles. The van der Waals surface area contributed by atoms with E-state index in [0.29, 0.717) is 23.7 Å².